The molecule has 8 N–H and O–H groups in total. The molecule has 2 aromatic rings. The second kappa shape index (κ2) is 11.8. The average molecular weight is 553 g/mol. The predicted octanol–water partition coefficient (Wildman–Crippen LogP) is -0.563. The number of carbonyl (C=O) groups excluding carboxylic acids is 2. The zero-order chi connectivity index (χ0) is 27.2. The number of sulfonamides is 1. The molecule has 0 bridgehead atoms. The van der Waals surface area contributed by atoms with E-state index in [0.717, 1.165) is 11.8 Å². The molecular weight excluding hydrogens is 528 g/mol. The van der Waals surface area contributed by atoms with E-state index in [4.69, 9.17) is 16.3 Å². The minimum absolute atomic E-state index is 0.0717. The highest BCUT2D eigenvalue weighted by Crippen LogP contribution is 2.23. The van der Waals surface area contributed by atoms with Crippen molar-refractivity contribution >= 4 is 61.5 Å². The SMILES string of the molecule is CC(=O)Nc1cnc(S(=O)(=O)N[C@@H](CNC(=O)C[C@H]2CC(c3ccc(N=C(N)N)cc3)=NO2)C(=O)O)s1. The van der Waals surface area contributed by atoms with E-state index in [0.29, 0.717) is 29.2 Å². The quantitative estimate of drug-likeness (QED) is 0.153. The van der Waals surface area contributed by atoms with Crippen molar-refractivity contribution in [2.75, 3.05) is 11.9 Å². The minimum Gasteiger partial charge on any atom is -0.480 e. The molecule has 17 heteroatoms. The molecule has 0 radical (unpaired) electrons. The van der Waals surface area contributed by atoms with Crippen LogP contribution in [0.15, 0.2) is 45.0 Å². The molecule has 0 saturated heterocycles. The summed E-state index contributed by atoms with van der Waals surface area (Å²) in [4.78, 5) is 48.0. The van der Waals surface area contributed by atoms with Crippen LogP contribution in [0.1, 0.15) is 25.3 Å². The standard InChI is InChI=1S/C20H24N8O7S2/c1-10(29)25-17-9-24-20(36-17)37(33,34)28-15(18(31)32)8-23-16(30)7-13-6-14(27-35-13)11-2-4-12(5-3-11)26-19(21)22/h2-5,9,13,15,28H,6-8H2,1H3,(H,23,30)(H,25,29)(H,31,32)(H4,21,22,26)/t13-,15+/m1/s1. The highest BCUT2D eigenvalue weighted by Gasteiger charge is 2.29. The van der Waals surface area contributed by atoms with Gasteiger partial charge in [0.25, 0.3) is 10.0 Å². The minimum atomic E-state index is -4.33. The highest BCUT2D eigenvalue weighted by molar-refractivity contribution is 7.91. The van der Waals surface area contributed by atoms with Gasteiger partial charge < -0.3 is 32.0 Å². The van der Waals surface area contributed by atoms with Crippen LogP contribution in [0.4, 0.5) is 10.7 Å². The Kier molecular flexibility index (Phi) is 8.74. The van der Waals surface area contributed by atoms with Gasteiger partial charge in [0.2, 0.25) is 16.2 Å². The zero-order valence-electron chi connectivity index (χ0n) is 19.4. The molecule has 0 unspecified atom stereocenters. The summed E-state index contributed by atoms with van der Waals surface area (Å²) in [5, 5.41) is 18.4. The summed E-state index contributed by atoms with van der Waals surface area (Å²) in [6.45, 7) is 0.718. The number of nitrogens with one attached hydrogen (secondary N) is 3. The largest absolute Gasteiger partial charge is 0.480 e. The van der Waals surface area contributed by atoms with E-state index in [2.05, 4.69) is 25.8 Å². The molecule has 0 saturated carbocycles. The van der Waals surface area contributed by atoms with Crippen LogP contribution >= 0.6 is 11.3 Å². The lowest BCUT2D eigenvalue weighted by molar-refractivity contribution is -0.139. The number of thiazole rings is 1. The van der Waals surface area contributed by atoms with Crippen molar-refractivity contribution in [3.05, 3.63) is 36.0 Å². The van der Waals surface area contributed by atoms with Crippen molar-refractivity contribution in [2.24, 2.45) is 21.6 Å². The van der Waals surface area contributed by atoms with Crippen LogP contribution in [0.2, 0.25) is 0 Å². The van der Waals surface area contributed by atoms with E-state index >= 15 is 0 Å². The zero-order valence-corrected chi connectivity index (χ0v) is 21.0. The molecule has 1 aliphatic rings. The number of hydrogen-bond acceptors (Lipinski definition) is 10. The Hall–Kier alpha value is -4.09. The number of nitrogens with two attached hydrogens (primary N) is 2. The summed E-state index contributed by atoms with van der Waals surface area (Å²) in [7, 11) is -4.33. The molecular formula is C20H24N8O7S2. The molecule has 1 aromatic heterocycles. The smallest absolute Gasteiger partial charge is 0.323 e. The van der Waals surface area contributed by atoms with Crippen molar-refractivity contribution in [1.82, 2.24) is 15.0 Å². The van der Waals surface area contributed by atoms with Crippen molar-refractivity contribution in [2.45, 2.75) is 36.3 Å². The van der Waals surface area contributed by atoms with Crippen LogP contribution in [0.25, 0.3) is 0 Å². The van der Waals surface area contributed by atoms with E-state index in [1.54, 1.807) is 24.3 Å². The van der Waals surface area contributed by atoms with Crippen molar-refractivity contribution in [3.63, 3.8) is 0 Å². The Morgan fingerprint density at radius 1 is 1.27 bits per heavy atom. The molecule has 1 aromatic carbocycles. The van der Waals surface area contributed by atoms with Gasteiger partial charge in [-0.2, -0.15) is 4.72 Å². The molecule has 15 nitrogen and oxygen atoms in total. The van der Waals surface area contributed by atoms with Gasteiger partial charge in [0, 0.05) is 19.9 Å². The maximum Gasteiger partial charge on any atom is 0.323 e. The first-order valence-corrected chi connectivity index (χ1v) is 12.9. The Morgan fingerprint density at radius 2 is 1.97 bits per heavy atom. The van der Waals surface area contributed by atoms with E-state index in [9.17, 15) is 27.9 Å². The fraction of sp³-hybridized carbons (Fsp3) is 0.300. The number of oxime groups is 1. The number of guanidine groups is 1. The highest BCUT2D eigenvalue weighted by atomic mass is 32.2. The maximum atomic E-state index is 12.5. The summed E-state index contributed by atoms with van der Waals surface area (Å²) >= 11 is 0.649. The molecule has 37 heavy (non-hydrogen) atoms. The van der Waals surface area contributed by atoms with Crippen molar-refractivity contribution in [1.29, 1.82) is 0 Å². The van der Waals surface area contributed by atoms with E-state index in [1.807, 2.05) is 4.72 Å². The van der Waals surface area contributed by atoms with Crippen LogP contribution < -0.4 is 26.8 Å². The third-order valence-electron chi connectivity index (χ3n) is 4.72. The Labute approximate surface area is 215 Å². The molecule has 0 fully saturated rings. The van der Waals surface area contributed by atoms with Gasteiger partial charge in [0.1, 0.15) is 17.1 Å². The van der Waals surface area contributed by atoms with Crippen molar-refractivity contribution in [3.8, 4) is 0 Å². The van der Waals surface area contributed by atoms with Crippen molar-refractivity contribution < 1.29 is 32.7 Å². The van der Waals surface area contributed by atoms with Gasteiger partial charge in [-0.25, -0.2) is 18.4 Å². The summed E-state index contributed by atoms with van der Waals surface area (Å²) < 4.78 is 26.6. The van der Waals surface area contributed by atoms with Crippen LogP contribution in [0.5, 0.6) is 0 Å². The first-order valence-electron chi connectivity index (χ1n) is 10.6. The van der Waals surface area contributed by atoms with Gasteiger partial charge in [-0.05, 0) is 17.7 Å². The van der Waals surface area contributed by atoms with Gasteiger partial charge >= 0.3 is 5.97 Å². The first-order chi connectivity index (χ1) is 17.4. The molecule has 2 heterocycles. The Bertz CT molecular complexity index is 1330. The lowest BCUT2D eigenvalue weighted by Crippen LogP contribution is -2.48. The number of aliphatic carboxylic acids is 1. The molecule has 3 rings (SSSR count). The van der Waals surface area contributed by atoms with Crippen LogP contribution in [0.3, 0.4) is 0 Å². The topological polar surface area (TPSA) is 241 Å². The molecule has 1 aliphatic heterocycles. The normalized spacial score (nSPS) is 15.7. The molecule has 198 valence electrons. The summed E-state index contributed by atoms with van der Waals surface area (Å²) in [5.74, 6) is -2.56. The van der Waals surface area contributed by atoms with E-state index < -0.39 is 50.8 Å². The van der Waals surface area contributed by atoms with E-state index in [-0.39, 0.29) is 17.4 Å². The molecule has 2 amide bonds. The maximum absolute atomic E-state index is 12.5. The Morgan fingerprint density at radius 3 is 2.59 bits per heavy atom. The number of aliphatic imine (C=N–C) groups is 1. The number of amides is 2. The molecule has 0 aliphatic carbocycles. The van der Waals surface area contributed by atoms with Crippen LogP contribution in [-0.4, -0.2) is 66.7 Å². The number of carboxylic acid groups (broad SMARTS) is 1. The van der Waals surface area contributed by atoms with Gasteiger partial charge in [0.05, 0.1) is 24.0 Å². The molecule has 2 atom stereocenters. The third kappa shape index (κ3) is 7.95. The predicted molar refractivity (Wildman–Crippen MR) is 134 cm³/mol. The fourth-order valence-electron chi connectivity index (χ4n) is 3.11. The number of carboxylic acids is 1. The number of anilines is 1. The van der Waals surface area contributed by atoms with Gasteiger partial charge in [0.15, 0.2) is 5.96 Å². The second-order valence-corrected chi connectivity index (χ2v) is 10.7. The lowest BCUT2D eigenvalue weighted by atomic mass is 10.0. The second-order valence-electron chi connectivity index (χ2n) is 7.74. The Balaban J connectivity index is 1.51. The summed E-state index contributed by atoms with van der Waals surface area (Å²) in [5.41, 5.74) is 12.6. The lowest BCUT2D eigenvalue weighted by Gasteiger charge is -2.15. The van der Waals surface area contributed by atoms with Crippen LogP contribution in [-0.2, 0) is 29.2 Å². The number of nitrogens with zero attached hydrogens (tertiary/aromatic N) is 3. The fourth-order valence-corrected chi connectivity index (χ4v) is 5.41. The van der Waals surface area contributed by atoms with E-state index in [1.165, 1.54) is 6.92 Å². The number of rotatable bonds is 11. The van der Waals surface area contributed by atoms with Gasteiger partial charge in [-0.15, -0.1) is 0 Å². The number of aromatic nitrogens is 1. The summed E-state index contributed by atoms with van der Waals surface area (Å²) in [6, 6.07) is 5.21. The first kappa shape index (κ1) is 27.5. The molecule has 0 spiro atoms. The van der Waals surface area contributed by atoms with Gasteiger partial charge in [-0.1, -0.05) is 28.6 Å². The number of carbonyl (C=O) groups is 3. The monoisotopic (exact) mass is 552 g/mol. The number of hydrogen-bond donors (Lipinski definition) is 6. The van der Waals surface area contributed by atoms with Gasteiger partial charge in [-0.3, -0.25) is 14.4 Å². The average Bonchev–Trinajstić information content (AvgIpc) is 3.46. The number of benzene rings is 1. The van der Waals surface area contributed by atoms with Crippen LogP contribution in [0, 0.1) is 0 Å². The summed E-state index contributed by atoms with van der Waals surface area (Å²) in [6.07, 6.45) is 0.735. The third-order valence-corrected chi connectivity index (χ3v) is 7.49.